The normalized spacial score (nSPS) is 14.3. The molecule has 0 heterocycles. The molecule has 1 aromatic rings. The molecule has 0 aliphatic rings. The van der Waals surface area contributed by atoms with Gasteiger partial charge < -0.3 is 10.5 Å². The Hall–Kier alpha value is -1.02. The summed E-state index contributed by atoms with van der Waals surface area (Å²) in [6.07, 6.45) is 2.10. The highest BCUT2D eigenvalue weighted by molar-refractivity contribution is 5.39. The van der Waals surface area contributed by atoms with E-state index in [-0.39, 0.29) is 0 Å². The standard InChI is InChI=1S/C16H27NO/c1-5-10-18-16-7-6-12(2)11-15(16)14(4)13(3)8-9-17/h6-7,11,13-14H,5,8-10,17H2,1-4H3. The van der Waals surface area contributed by atoms with Crippen LogP contribution in [-0.2, 0) is 0 Å². The van der Waals surface area contributed by atoms with Crippen molar-refractivity contribution in [3.8, 4) is 5.75 Å². The fourth-order valence-corrected chi connectivity index (χ4v) is 2.19. The van der Waals surface area contributed by atoms with E-state index in [4.69, 9.17) is 10.5 Å². The topological polar surface area (TPSA) is 35.2 Å². The predicted molar refractivity (Wildman–Crippen MR) is 78.2 cm³/mol. The molecule has 0 saturated carbocycles. The summed E-state index contributed by atoms with van der Waals surface area (Å²) < 4.78 is 5.86. The van der Waals surface area contributed by atoms with Gasteiger partial charge in [0.15, 0.2) is 0 Å². The van der Waals surface area contributed by atoms with Crippen LogP contribution in [0.15, 0.2) is 18.2 Å². The molecule has 0 aliphatic carbocycles. The Morgan fingerprint density at radius 2 is 2.00 bits per heavy atom. The Labute approximate surface area is 112 Å². The Bertz CT molecular complexity index is 362. The summed E-state index contributed by atoms with van der Waals surface area (Å²) in [7, 11) is 0. The monoisotopic (exact) mass is 249 g/mol. The van der Waals surface area contributed by atoms with Crippen LogP contribution in [0.3, 0.4) is 0 Å². The molecule has 102 valence electrons. The van der Waals surface area contributed by atoms with Crippen LogP contribution >= 0.6 is 0 Å². The molecule has 2 nitrogen and oxygen atoms in total. The van der Waals surface area contributed by atoms with Crippen LogP contribution < -0.4 is 10.5 Å². The Morgan fingerprint density at radius 1 is 1.28 bits per heavy atom. The van der Waals surface area contributed by atoms with Crippen molar-refractivity contribution in [2.75, 3.05) is 13.2 Å². The molecule has 0 amide bonds. The highest BCUT2D eigenvalue weighted by Crippen LogP contribution is 2.33. The van der Waals surface area contributed by atoms with Gasteiger partial charge in [0.05, 0.1) is 6.61 Å². The molecule has 2 heteroatoms. The molecule has 1 rings (SSSR count). The van der Waals surface area contributed by atoms with Gasteiger partial charge in [-0.3, -0.25) is 0 Å². The maximum atomic E-state index is 5.86. The van der Waals surface area contributed by atoms with Crippen LogP contribution in [0.2, 0.25) is 0 Å². The Morgan fingerprint density at radius 3 is 2.61 bits per heavy atom. The summed E-state index contributed by atoms with van der Waals surface area (Å²) in [5, 5.41) is 0. The smallest absolute Gasteiger partial charge is 0.122 e. The lowest BCUT2D eigenvalue weighted by atomic mass is 9.85. The summed E-state index contributed by atoms with van der Waals surface area (Å²) in [4.78, 5) is 0. The minimum absolute atomic E-state index is 0.486. The molecule has 2 atom stereocenters. The maximum absolute atomic E-state index is 5.86. The molecule has 0 radical (unpaired) electrons. The largest absolute Gasteiger partial charge is 0.493 e. The van der Waals surface area contributed by atoms with Gasteiger partial charge >= 0.3 is 0 Å². The van der Waals surface area contributed by atoms with Crippen LogP contribution in [0.1, 0.15) is 50.7 Å². The molecular weight excluding hydrogens is 222 g/mol. The van der Waals surface area contributed by atoms with Crippen LogP contribution in [0, 0.1) is 12.8 Å². The number of aryl methyl sites for hydroxylation is 1. The van der Waals surface area contributed by atoms with Crippen molar-refractivity contribution in [1.29, 1.82) is 0 Å². The summed E-state index contributed by atoms with van der Waals surface area (Å²) >= 11 is 0. The molecule has 2 unspecified atom stereocenters. The molecule has 18 heavy (non-hydrogen) atoms. The van der Waals surface area contributed by atoms with Gasteiger partial charge in [-0.2, -0.15) is 0 Å². The molecule has 2 N–H and O–H groups in total. The predicted octanol–water partition coefficient (Wildman–Crippen LogP) is 3.87. The number of rotatable bonds is 7. The van der Waals surface area contributed by atoms with E-state index in [0.717, 1.165) is 31.7 Å². The van der Waals surface area contributed by atoms with Crippen molar-refractivity contribution in [2.45, 2.75) is 46.5 Å². The summed E-state index contributed by atoms with van der Waals surface area (Å²) in [5.74, 6) is 2.11. The van der Waals surface area contributed by atoms with E-state index in [1.54, 1.807) is 0 Å². The van der Waals surface area contributed by atoms with E-state index < -0.39 is 0 Å². The van der Waals surface area contributed by atoms with Gasteiger partial charge in [0.1, 0.15) is 5.75 Å². The van der Waals surface area contributed by atoms with Crippen molar-refractivity contribution < 1.29 is 4.74 Å². The highest BCUT2D eigenvalue weighted by atomic mass is 16.5. The molecule has 0 bridgehead atoms. The highest BCUT2D eigenvalue weighted by Gasteiger charge is 2.18. The zero-order chi connectivity index (χ0) is 13.5. The van der Waals surface area contributed by atoms with E-state index in [9.17, 15) is 0 Å². The lowest BCUT2D eigenvalue weighted by molar-refractivity contribution is 0.308. The minimum Gasteiger partial charge on any atom is -0.493 e. The number of benzene rings is 1. The van der Waals surface area contributed by atoms with Gasteiger partial charge in [-0.15, -0.1) is 0 Å². The molecule has 0 spiro atoms. The minimum atomic E-state index is 0.486. The van der Waals surface area contributed by atoms with Crippen molar-refractivity contribution in [3.05, 3.63) is 29.3 Å². The van der Waals surface area contributed by atoms with Gasteiger partial charge in [0.2, 0.25) is 0 Å². The third-order valence-electron chi connectivity index (χ3n) is 3.59. The van der Waals surface area contributed by atoms with E-state index in [2.05, 4.69) is 45.9 Å². The quantitative estimate of drug-likeness (QED) is 0.796. The lowest BCUT2D eigenvalue weighted by Crippen LogP contribution is -2.13. The molecule has 0 fully saturated rings. The number of hydrogen-bond acceptors (Lipinski definition) is 2. The van der Waals surface area contributed by atoms with Gasteiger partial charge in [-0.05, 0) is 49.8 Å². The summed E-state index contributed by atoms with van der Waals surface area (Å²) in [6.45, 7) is 10.3. The lowest BCUT2D eigenvalue weighted by Gasteiger charge is -2.23. The van der Waals surface area contributed by atoms with Gasteiger partial charge in [0.25, 0.3) is 0 Å². The van der Waals surface area contributed by atoms with Gasteiger partial charge in [-0.25, -0.2) is 0 Å². The molecule has 0 saturated heterocycles. The average Bonchev–Trinajstić information content (AvgIpc) is 2.36. The Kier molecular flexibility index (Phi) is 6.20. The molecule has 0 aliphatic heterocycles. The first kappa shape index (κ1) is 15.0. The van der Waals surface area contributed by atoms with Crippen LogP contribution in [0.5, 0.6) is 5.75 Å². The Balaban J connectivity index is 2.92. The van der Waals surface area contributed by atoms with Crippen molar-refractivity contribution >= 4 is 0 Å². The molecular formula is C16H27NO. The zero-order valence-electron chi connectivity index (χ0n) is 12.2. The second-order valence-corrected chi connectivity index (χ2v) is 5.23. The first-order valence-corrected chi connectivity index (χ1v) is 7.03. The summed E-state index contributed by atoms with van der Waals surface area (Å²) in [6, 6.07) is 6.48. The SMILES string of the molecule is CCCOc1ccc(C)cc1C(C)C(C)CCN. The first-order chi connectivity index (χ1) is 8.60. The molecule has 0 aromatic heterocycles. The fraction of sp³-hybridized carbons (Fsp3) is 0.625. The van der Waals surface area contributed by atoms with E-state index >= 15 is 0 Å². The van der Waals surface area contributed by atoms with Gasteiger partial charge in [-0.1, -0.05) is 38.5 Å². The van der Waals surface area contributed by atoms with Crippen LogP contribution in [0.25, 0.3) is 0 Å². The first-order valence-electron chi connectivity index (χ1n) is 7.03. The number of nitrogens with two attached hydrogens (primary N) is 1. The number of ether oxygens (including phenoxy) is 1. The third-order valence-corrected chi connectivity index (χ3v) is 3.59. The van der Waals surface area contributed by atoms with Crippen LogP contribution in [-0.4, -0.2) is 13.2 Å². The van der Waals surface area contributed by atoms with Crippen molar-refractivity contribution in [3.63, 3.8) is 0 Å². The maximum Gasteiger partial charge on any atom is 0.122 e. The van der Waals surface area contributed by atoms with Crippen LogP contribution in [0.4, 0.5) is 0 Å². The second-order valence-electron chi connectivity index (χ2n) is 5.23. The van der Waals surface area contributed by atoms with E-state index in [1.807, 2.05) is 0 Å². The number of hydrogen-bond donors (Lipinski definition) is 1. The summed E-state index contributed by atoms with van der Waals surface area (Å²) in [5.41, 5.74) is 8.28. The van der Waals surface area contributed by atoms with Crippen molar-refractivity contribution in [2.24, 2.45) is 11.7 Å². The van der Waals surface area contributed by atoms with E-state index in [0.29, 0.717) is 11.8 Å². The fourth-order valence-electron chi connectivity index (χ4n) is 2.19. The third kappa shape index (κ3) is 4.02. The average molecular weight is 249 g/mol. The molecule has 1 aromatic carbocycles. The van der Waals surface area contributed by atoms with E-state index in [1.165, 1.54) is 11.1 Å². The zero-order valence-corrected chi connectivity index (χ0v) is 12.2. The van der Waals surface area contributed by atoms with Crippen molar-refractivity contribution in [1.82, 2.24) is 0 Å². The van der Waals surface area contributed by atoms with Gasteiger partial charge in [0, 0.05) is 0 Å². The second kappa shape index (κ2) is 7.42.